The molecule has 7 atom stereocenters. The molecule has 7 rings (SSSR count). The topological polar surface area (TPSA) is 42.4 Å². The Morgan fingerprint density at radius 2 is 2.00 bits per heavy atom. The average Bonchev–Trinajstić information content (AvgIpc) is 3.34. The lowest BCUT2D eigenvalue weighted by atomic mass is 9.58. The van der Waals surface area contributed by atoms with E-state index in [9.17, 15) is 5.11 Å². The Balaban J connectivity index is 1.28. The van der Waals surface area contributed by atoms with E-state index in [1.54, 1.807) is 0 Å². The van der Waals surface area contributed by atoms with E-state index >= 15 is 0 Å². The Bertz CT molecular complexity index is 1230. The van der Waals surface area contributed by atoms with Crippen LogP contribution in [0.25, 0.3) is 10.8 Å². The number of hydrogen-bond donors (Lipinski definition) is 1. The first kappa shape index (κ1) is 21.3. The summed E-state index contributed by atoms with van der Waals surface area (Å²) in [6, 6.07) is 9.14. The summed E-state index contributed by atoms with van der Waals surface area (Å²) < 4.78 is 7.39. The number of aliphatic hydroxyl groups is 1. The van der Waals surface area contributed by atoms with Gasteiger partial charge in [-0.15, -0.1) is 0 Å². The fourth-order valence-electron chi connectivity index (χ4n) is 8.96. The molecule has 3 fully saturated rings. The summed E-state index contributed by atoms with van der Waals surface area (Å²) in [6.07, 6.45) is 16.2. The number of rotatable bonds is 2. The molecule has 2 saturated carbocycles. The standard InChI is InChI=1S/C31H37NO2/c1-19(2)25-17-30-11-12-31(34-30)23(15-24(30)16-27(25)33)8-10-29(3)26(6-7-28(29)31)21-5-4-20-9-13-32-18-22(20)14-21/h4-5,8-9,13-15,18-19,25-28,33H,6-7,10-12,16-17H2,1-3H3. The van der Waals surface area contributed by atoms with Crippen molar-refractivity contribution in [3.8, 4) is 0 Å². The lowest BCUT2D eigenvalue weighted by Crippen LogP contribution is -2.55. The Morgan fingerprint density at radius 1 is 1.12 bits per heavy atom. The Labute approximate surface area is 203 Å². The molecule has 0 amide bonds. The maximum absolute atomic E-state index is 10.9. The molecule has 2 aliphatic heterocycles. The predicted octanol–water partition coefficient (Wildman–Crippen LogP) is 6.72. The van der Waals surface area contributed by atoms with Gasteiger partial charge in [-0.2, -0.15) is 0 Å². The zero-order valence-electron chi connectivity index (χ0n) is 20.8. The molecule has 1 aromatic heterocycles. The molecule has 1 aromatic carbocycles. The van der Waals surface area contributed by atoms with E-state index in [2.05, 4.69) is 62.2 Å². The van der Waals surface area contributed by atoms with Crippen molar-refractivity contribution in [2.45, 2.75) is 88.9 Å². The average molecular weight is 456 g/mol. The molecule has 3 heteroatoms. The predicted molar refractivity (Wildman–Crippen MR) is 135 cm³/mol. The SMILES string of the molecule is CC(C)C1CC23CCC4(O2)C(=CCC2(C)C(c5ccc6ccncc6c5)CCC42)C=C3CC1O. The van der Waals surface area contributed by atoms with Crippen LogP contribution in [0.2, 0.25) is 0 Å². The summed E-state index contributed by atoms with van der Waals surface area (Å²) in [4.78, 5) is 4.37. The van der Waals surface area contributed by atoms with Crippen LogP contribution in [0.4, 0.5) is 0 Å². The normalized spacial score (nSPS) is 42.7. The van der Waals surface area contributed by atoms with E-state index < -0.39 is 0 Å². The Kier molecular flexibility index (Phi) is 4.42. The number of benzene rings is 1. The van der Waals surface area contributed by atoms with Crippen LogP contribution in [0.1, 0.15) is 77.2 Å². The summed E-state index contributed by atoms with van der Waals surface area (Å²) >= 11 is 0. The van der Waals surface area contributed by atoms with Crippen molar-refractivity contribution in [3.05, 3.63) is 65.5 Å². The molecular weight excluding hydrogens is 418 g/mol. The van der Waals surface area contributed by atoms with Gasteiger partial charge in [-0.3, -0.25) is 4.98 Å². The zero-order valence-corrected chi connectivity index (χ0v) is 20.8. The molecule has 0 radical (unpaired) electrons. The van der Waals surface area contributed by atoms with E-state index in [1.807, 2.05) is 12.4 Å². The van der Waals surface area contributed by atoms with Crippen molar-refractivity contribution in [1.82, 2.24) is 4.98 Å². The molecule has 3 nitrogen and oxygen atoms in total. The molecule has 1 N–H and O–H groups in total. The second kappa shape index (κ2) is 7.04. The van der Waals surface area contributed by atoms with Crippen LogP contribution < -0.4 is 0 Å². The third-order valence-electron chi connectivity index (χ3n) is 10.8. The van der Waals surface area contributed by atoms with E-state index in [0.717, 1.165) is 32.1 Å². The van der Waals surface area contributed by atoms with Crippen molar-refractivity contribution in [2.75, 3.05) is 0 Å². The van der Waals surface area contributed by atoms with Gasteiger partial charge in [0.2, 0.25) is 0 Å². The van der Waals surface area contributed by atoms with Crippen LogP contribution in [-0.4, -0.2) is 27.4 Å². The number of allylic oxidation sites excluding steroid dienone is 1. The van der Waals surface area contributed by atoms with Crippen molar-refractivity contribution >= 4 is 10.8 Å². The zero-order chi connectivity index (χ0) is 23.3. The minimum Gasteiger partial charge on any atom is -0.392 e. The van der Waals surface area contributed by atoms with Crippen LogP contribution in [0, 0.1) is 23.2 Å². The van der Waals surface area contributed by atoms with Crippen LogP contribution in [0.15, 0.2) is 60.0 Å². The highest BCUT2D eigenvalue weighted by Gasteiger charge is 2.67. The van der Waals surface area contributed by atoms with Gasteiger partial charge >= 0.3 is 0 Å². The maximum atomic E-state index is 10.9. The van der Waals surface area contributed by atoms with Gasteiger partial charge < -0.3 is 9.84 Å². The highest BCUT2D eigenvalue weighted by Crippen LogP contribution is 2.69. The number of aromatic nitrogens is 1. The van der Waals surface area contributed by atoms with Crippen molar-refractivity contribution in [2.24, 2.45) is 23.2 Å². The van der Waals surface area contributed by atoms with E-state index in [0.29, 0.717) is 23.7 Å². The van der Waals surface area contributed by atoms with Gasteiger partial charge in [-0.1, -0.05) is 45.1 Å². The molecule has 2 spiro atoms. The van der Waals surface area contributed by atoms with Gasteiger partial charge in [0.1, 0.15) is 0 Å². The van der Waals surface area contributed by atoms with E-state index in [4.69, 9.17) is 4.74 Å². The number of pyridine rings is 1. The van der Waals surface area contributed by atoms with Crippen LogP contribution in [0.3, 0.4) is 0 Å². The smallest absolute Gasteiger partial charge is 0.0974 e. The Morgan fingerprint density at radius 3 is 2.85 bits per heavy atom. The second-order valence-corrected chi connectivity index (χ2v) is 12.6. The van der Waals surface area contributed by atoms with Gasteiger partial charge in [0.15, 0.2) is 0 Å². The van der Waals surface area contributed by atoms with Gasteiger partial charge in [0.05, 0.1) is 17.3 Å². The highest BCUT2D eigenvalue weighted by atomic mass is 16.5. The molecule has 2 aromatic rings. The number of aliphatic hydroxyl groups excluding tert-OH is 1. The second-order valence-electron chi connectivity index (χ2n) is 12.6. The Hall–Kier alpha value is -1.97. The van der Waals surface area contributed by atoms with Crippen LogP contribution in [0.5, 0.6) is 0 Å². The van der Waals surface area contributed by atoms with Crippen molar-refractivity contribution < 1.29 is 9.84 Å². The van der Waals surface area contributed by atoms with Gasteiger partial charge in [0.25, 0.3) is 0 Å². The fourth-order valence-corrected chi connectivity index (χ4v) is 8.96. The first-order valence-electron chi connectivity index (χ1n) is 13.5. The molecule has 5 aliphatic rings. The van der Waals surface area contributed by atoms with Crippen molar-refractivity contribution in [3.63, 3.8) is 0 Å². The lowest BCUT2D eigenvalue weighted by Gasteiger charge is -2.55. The molecule has 7 unspecified atom stereocenters. The third kappa shape index (κ3) is 2.69. The molecule has 3 aliphatic carbocycles. The summed E-state index contributed by atoms with van der Waals surface area (Å²) in [5.41, 5.74) is 4.21. The number of hydrogen-bond acceptors (Lipinski definition) is 3. The van der Waals surface area contributed by atoms with Gasteiger partial charge in [-0.05, 0) is 108 Å². The first-order chi connectivity index (χ1) is 16.3. The third-order valence-corrected chi connectivity index (χ3v) is 10.8. The van der Waals surface area contributed by atoms with Crippen LogP contribution >= 0.6 is 0 Å². The number of ether oxygens (including phenoxy) is 1. The summed E-state index contributed by atoms with van der Waals surface area (Å²) in [6.45, 7) is 7.06. The largest absolute Gasteiger partial charge is 0.392 e. The van der Waals surface area contributed by atoms with Gasteiger partial charge in [0, 0.05) is 17.8 Å². The first-order valence-corrected chi connectivity index (χ1v) is 13.5. The molecule has 2 bridgehead atoms. The minimum absolute atomic E-state index is 0.131. The number of nitrogens with zero attached hydrogens (tertiary/aromatic N) is 1. The van der Waals surface area contributed by atoms with E-state index in [-0.39, 0.29) is 22.7 Å². The fraction of sp³-hybridized carbons (Fsp3) is 0.581. The minimum atomic E-state index is -0.235. The molecule has 3 heterocycles. The highest BCUT2D eigenvalue weighted by molar-refractivity contribution is 5.82. The quantitative estimate of drug-likeness (QED) is 0.546. The van der Waals surface area contributed by atoms with Gasteiger partial charge in [-0.25, -0.2) is 0 Å². The van der Waals surface area contributed by atoms with E-state index in [1.165, 1.54) is 40.3 Å². The molecule has 1 saturated heterocycles. The summed E-state index contributed by atoms with van der Waals surface area (Å²) in [7, 11) is 0. The molecule has 34 heavy (non-hydrogen) atoms. The molecule has 178 valence electrons. The van der Waals surface area contributed by atoms with Crippen molar-refractivity contribution in [1.29, 1.82) is 0 Å². The number of fused-ring (bicyclic) bond motifs is 2. The summed E-state index contributed by atoms with van der Waals surface area (Å²) in [5, 5.41) is 13.4. The summed E-state index contributed by atoms with van der Waals surface area (Å²) in [5.74, 6) is 1.92. The maximum Gasteiger partial charge on any atom is 0.0974 e. The van der Waals surface area contributed by atoms with Crippen LogP contribution in [-0.2, 0) is 4.74 Å². The lowest BCUT2D eigenvalue weighted by molar-refractivity contribution is -0.151. The monoisotopic (exact) mass is 455 g/mol. The molecular formula is C31H37NO2.